The van der Waals surface area contributed by atoms with Gasteiger partial charge in [0.2, 0.25) is 0 Å². The third kappa shape index (κ3) is 29.7. The first-order chi connectivity index (χ1) is 28.1. The Kier molecular flexibility index (Phi) is 33.6. The summed E-state index contributed by atoms with van der Waals surface area (Å²) in [4.78, 5) is 12.6. The molecule has 334 valence electrons. The number of carbonyl (C=O) groups is 1. The van der Waals surface area contributed by atoms with Crippen molar-refractivity contribution >= 4 is 16.4 Å². The quantitative estimate of drug-likeness (QED) is 0.0204. The summed E-state index contributed by atoms with van der Waals surface area (Å²) in [6, 6.07) is 0. The first-order valence-electron chi connectivity index (χ1n) is 21.7. The van der Waals surface area contributed by atoms with Gasteiger partial charge in [-0.1, -0.05) is 145 Å². The number of allylic oxidation sites excluding steroid dienone is 12. The third-order valence-corrected chi connectivity index (χ3v) is 9.81. The molecule has 0 saturated carbocycles. The Bertz CT molecular complexity index is 1290. The summed E-state index contributed by atoms with van der Waals surface area (Å²) in [6.45, 7) is 3.71. The summed E-state index contributed by atoms with van der Waals surface area (Å²) < 4.78 is 58.6. The van der Waals surface area contributed by atoms with Gasteiger partial charge in [-0.3, -0.25) is 9.35 Å². The number of ether oxygens (including phenoxy) is 4. The lowest BCUT2D eigenvalue weighted by atomic mass is 9.99. The summed E-state index contributed by atoms with van der Waals surface area (Å²) in [7, 11) is -5.06. The molecule has 0 radical (unpaired) electrons. The molecule has 0 aromatic rings. The van der Waals surface area contributed by atoms with Crippen molar-refractivity contribution in [3.8, 4) is 0 Å². The molecule has 6 unspecified atom stereocenters. The Hall–Kier alpha value is -2.46. The molecule has 0 bridgehead atoms. The van der Waals surface area contributed by atoms with E-state index in [1.165, 1.54) is 19.3 Å². The number of aliphatic hydroxyl groups excluding tert-OH is 3. The van der Waals surface area contributed by atoms with Crippen LogP contribution in [0.4, 0.5) is 0 Å². The number of rotatable bonds is 36. The summed E-state index contributed by atoms with van der Waals surface area (Å²) in [6.07, 6.45) is 37.2. The Labute approximate surface area is 350 Å². The second-order valence-corrected chi connectivity index (χ2v) is 15.6. The van der Waals surface area contributed by atoms with Crippen LogP contribution in [-0.4, -0.2) is 97.5 Å². The van der Waals surface area contributed by atoms with Crippen molar-refractivity contribution in [2.24, 2.45) is 0 Å². The van der Waals surface area contributed by atoms with Crippen LogP contribution in [0.1, 0.15) is 142 Å². The lowest BCUT2D eigenvalue weighted by Gasteiger charge is -2.41. The van der Waals surface area contributed by atoms with Crippen LogP contribution in [0, 0.1) is 0 Å². The molecule has 0 spiro atoms. The molecule has 1 heterocycles. The van der Waals surface area contributed by atoms with Crippen molar-refractivity contribution < 1.29 is 56.2 Å². The highest BCUT2D eigenvalue weighted by Crippen LogP contribution is 2.26. The highest BCUT2D eigenvalue weighted by atomic mass is 32.3. The van der Waals surface area contributed by atoms with E-state index in [2.05, 4.69) is 90.9 Å². The van der Waals surface area contributed by atoms with E-state index in [9.17, 15) is 28.5 Å². The van der Waals surface area contributed by atoms with E-state index in [1.807, 2.05) is 0 Å². The molecule has 0 aromatic heterocycles. The Balaban J connectivity index is 2.27. The monoisotopic (exact) mass is 841 g/mol. The van der Waals surface area contributed by atoms with Gasteiger partial charge < -0.3 is 34.3 Å². The van der Waals surface area contributed by atoms with Crippen LogP contribution >= 0.6 is 0 Å². The summed E-state index contributed by atoms with van der Waals surface area (Å²) in [5.41, 5.74) is 0. The lowest BCUT2D eigenvalue weighted by Crippen LogP contribution is -2.60. The minimum absolute atomic E-state index is 0.0238. The number of hydrogen-bond donors (Lipinski definition) is 4. The molecule has 12 nitrogen and oxygen atoms in total. The molecule has 0 amide bonds. The minimum Gasteiger partial charge on any atom is -0.457 e. The van der Waals surface area contributed by atoms with E-state index < -0.39 is 59.8 Å². The normalized spacial score (nSPS) is 21.2. The van der Waals surface area contributed by atoms with Gasteiger partial charge in [0.1, 0.15) is 30.5 Å². The van der Waals surface area contributed by atoms with Gasteiger partial charge in [0, 0.05) is 13.0 Å². The first kappa shape index (κ1) is 53.6. The minimum atomic E-state index is -5.06. The van der Waals surface area contributed by atoms with Crippen LogP contribution in [0.5, 0.6) is 0 Å². The van der Waals surface area contributed by atoms with E-state index >= 15 is 0 Å². The largest absolute Gasteiger partial charge is 0.457 e. The topological polar surface area (TPSA) is 178 Å². The van der Waals surface area contributed by atoms with Gasteiger partial charge >= 0.3 is 16.4 Å². The van der Waals surface area contributed by atoms with Crippen LogP contribution in [0.3, 0.4) is 0 Å². The van der Waals surface area contributed by atoms with Gasteiger partial charge in [0.05, 0.1) is 19.8 Å². The average molecular weight is 841 g/mol. The molecule has 13 heteroatoms. The smallest absolute Gasteiger partial charge is 0.397 e. The fourth-order valence-electron chi connectivity index (χ4n) is 6.09. The van der Waals surface area contributed by atoms with Crippen LogP contribution < -0.4 is 0 Å². The van der Waals surface area contributed by atoms with Crippen molar-refractivity contribution in [3.05, 3.63) is 72.9 Å². The van der Waals surface area contributed by atoms with Crippen LogP contribution in [-0.2, 0) is 38.3 Å². The maximum atomic E-state index is 12.6. The maximum absolute atomic E-state index is 12.6. The predicted octanol–water partition coefficient (Wildman–Crippen LogP) is 8.74. The van der Waals surface area contributed by atoms with Crippen molar-refractivity contribution in [2.45, 2.75) is 179 Å². The molecule has 1 fully saturated rings. The van der Waals surface area contributed by atoms with Crippen molar-refractivity contribution in [1.82, 2.24) is 0 Å². The van der Waals surface area contributed by atoms with Crippen LogP contribution in [0.25, 0.3) is 0 Å². The van der Waals surface area contributed by atoms with E-state index in [4.69, 9.17) is 23.5 Å². The standard InChI is InChI=1S/C45H76O12S/c1-3-5-7-9-10-11-12-13-14-15-16-17-18-19-20-21-22-23-24-25-26-27-28-29-31-33-35-53-37-39(55-41(47)34-32-30-8-6-4-2)38-54-45-43(49)44(57-58(50,51)52)42(48)40(36-46)56-45/h5,7,10-11,13-14,16-17,19-20,22-23,39-40,42-46,48-49H,3-4,6,8-9,12,15,18,21,24-38H2,1-2H3,(H,50,51,52)/b7-5-,11-10-,14-13-,17-16-,20-19-,23-22-. The van der Waals surface area contributed by atoms with Gasteiger partial charge in [0.15, 0.2) is 6.29 Å². The van der Waals surface area contributed by atoms with Gasteiger partial charge in [0.25, 0.3) is 0 Å². The molecule has 0 aromatic carbocycles. The average Bonchev–Trinajstić information content (AvgIpc) is 3.19. The SMILES string of the molecule is CC/C=C\C/C=C\C/C=C\C/C=C\C/C=C\C/C=C\CCCCCCCCCOCC(COC1OC(CO)C(O)C(OS(=O)(=O)O)C1O)OC(=O)CCCCCCC. The number of aliphatic hydroxyl groups is 3. The van der Waals surface area contributed by atoms with Crippen molar-refractivity contribution in [2.75, 3.05) is 26.4 Å². The molecule has 6 atom stereocenters. The molecule has 1 rings (SSSR count). The van der Waals surface area contributed by atoms with Crippen molar-refractivity contribution in [1.29, 1.82) is 0 Å². The van der Waals surface area contributed by atoms with E-state index in [0.717, 1.165) is 96.3 Å². The maximum Gasteiger partial charge on any atom is 0.397 e. The van der Waals surface area contributed by atoms with E-state index in [1.54, 1.807) is 0 Å². The molecular formula is C45H76O12S. The van der Waals surface area contributed by atoms with Crippen LogP contribution in [0.15, 0.2) is 72.9 Å². The fourth-order valence-corrected chi connectivity index (χ4v) is 6.59. The molecule has 58 heavy (non-hydrogen) atoms. The Morgan fingerprint density at radius 3 is 1.74 bits per heavy atom. The molecule has 0 aliphatic carbocycles. The van der Waals surface area contributed by atoms with Gasteiger partial charge in [-0.25, -0.2) is 4.18 Å². The van der Waals surface area contributed by atoms with E-state index in [-0.39, 0.29) is 19.6 Å². The lowest BCUT2D eigenvalue weighted by molar-refractivity contribution is -0.301. The number of hydrogen-bond acceptors (Lipinski definition) is 11. The third-order valence-electron chi connectivity index (χ3n) is 9.34. The molecule has 4 N–H and O–H groups in total. The van der Waals surface area contributed by atoms with Gasteiger partial charge in [-0.05, 0) is 64.2 Å². The van der Waals surface area contributed by atoms with Crippen LogP contribution in [0.2, 0.25) is 0 Å². The zero-order chi connectivity index (χ0) is 42.5. The summed E-state index contributed by atoms with van der Waals surface area (Å²) >= 11 is 0. The molecule has 1 aliphatic rings. The first-order valence-corrected chi connectivity index (χ1v) is 23.1. The number of carbonyl (C=O) groups excluding carboxylic acids is 1. The van der Waals surface area contributed by atoms with Crippen molar-refractivity contribution in [3.63, 3.8) is 0 Å². The molecule has 1 saturated heterocycles. The molecule has 1 aliphatic heterocycles. The number of unbranched alkanes of at least 4 members (excludes halogenated alkanes) is 11. The second kappa shape index (κ2) is 36.4. The summed E-state index contributed by atoms with van der Waals surface area (Å²) in [5.74, 6) is -0.420. The molecular weight excluding hydrogens is 765 g/mol. The summed E-state index contributed by atoms with van der Waals surface area (Å²) in [5, 5.41) is 30.5. The zero-order valence-electron chi connectivity index (χ0n) is 35.3. The van der Waals surface area contributed by atoms with E-state index in [0.29, 0.717) is 13.0 Å². The fraction of sp³-hybridized carbons (Fsp3) is 0.711. The van der Waals surface area contributed by atoms with Gasteiger partial charge in [-0.2, -0.15) is 8.42 Å². The highest BCUT2D eigenvalue weighted by Gasteiger charge is 2.48. The second-order valence-electron chi connectivity index (χ2n) is 14.6. The Morgan fingerprint density at radius 2 is 1.19 bits per heavy atom. The predicted molar refractivity (Wildman–Crippen MR) is 229 cm³/mol. The Morgan fingerprint density at radius 1 is 0.672 bits per heavy atom. The highest BCUT2D eigenvalue weighted by molar-refractivity contribution is 7.80. The number of esters is 1. The van der Waals surface area contributed by atoms with Gasteiger partial charge in [-0.15, -0.1) is 0 Å². The zero-order valence-corrected chi connectivity index (χ0v) is 36.1.